The van der Waals surface area contributed by atoms with Gasteiger partial charge in [0, 0.05) is 10.1 Å². The molecule has 0 radical (unpaired) electrons. The van der Waals surface area contributed by atoms with E-state index in [1.165, 1.54) is 54.6 Å². The van der Waals surface area contributed by atoms with Gasteiger partial charge in [0.25, 0.3) is 0 Å². The smallest absolute Gasteiger partial charge is 0.349 e. The van der Waals surface area contributed by atoms with Crippen molar-refractivity contribution in [2.24, 2.45) is 0 Å². The third-order valence-corrected chi connectivity index (χ3v) is 6.98. The van der Waals surface area contributed by atoms with Crippen LogP contribution in [0.1, 0.15) is 64.4 Å². The van der Waals surface area contributed by atoms with Gasteiger partial charge in [0.2, 0.25) is 0 Å². The van der Waals surface area contributed by atoms with Gasteiger partial charge in [-0.3, -0.25) is 0 Å². The highest BCUT2D eigenvalue weighted by Gasteiger charge is 2.22. The Balaban J connectivity index is 1.72. The molecule has 0 bridgehead atoms. The Labute approximate surface area is 175 Å². The van der Waals surface area contributed by atoms with Crippen molar-refractivity contribution < 1.29 is 19.4 Å². The molecule has 1 N–H and O–H groups in total. The first-order valence-corrected chi connectivity index (χ1v) is 10.9. The van der Waals surface area contributed by atoms with Crippen LogP contribution in [0.2, 0.25) is 0 Å². The maximum atomic E-state index is 11.8. The monoisotopic (exact) mass is 410 g/mol. The van der Waals surface area contributed by atoms with E-state index in [0.29, 0.717) is 17.4 Å². The summed E-state index contributed by atoms with van der Waals surface area (Å²) in [7, 11) is 1.62. The molecule has 5 heteroatoms. The zero-order chi connectivity index (χ0) is 20.5. The summed E-state index contributed by atoms with van der Waals surface area (Å²) in [6.45, 7) is 4.07. The van der Waals surface area contributed by atoms with Gasteiger partial charge < -0.3 is 14.6 Å². The van der Waals surface area contributed by atoms with Crippen molar-refractivity contribution in [1.29, 1.82) is 0 Å². The number of ether oxygens (including phenoxy) is 2. The summed E-state index contributed by atoms with van der Waals surface area (Å²) in [4.78, 5) is 12.1. The summed E-state index contributed by atoms with van der Waals surface area (Å²) in [6.07, 6.45) is 6.43. The lowest BCUT2D eigenvalue weighted by atomic mass is 9.82. The summed E-state index contributed by atoms with van der Waals surface area (Å²) in [5.41, 5.74) is 3.57. The minimum atomic E-state index is -0.978. The summed E-state index contributed by atoms with van der Waals surface area (Å²) in [5, 5.41) is 10.5. The lowest BCUT2D eigenvalue weighted by Gasteiger charge is -2.24. The van der Waals surface area contributed by atoms with E-state index in [4.69, 9.17) is 9.47 Å². The van der Waals surface area contributed by atoms with E-state index in [2.05, 4.69) is 13.0 Å². The number of fused-ring (bicyclic) bond motifs is 1. The van der Waals surface area contributed by atoms with Crippen molar-refractivity contribution in [1.82, 2.24) is 0 Å². The zero-order valence-corrected chi connectivity index (χ0v) is 17.9. The fourth-order valence-electron chi connectivity index (χ4n) is 4.37. The molecule has 1 fully saturated rings. The van der Waals surface area contributed by atoms with Crippen LogP contribution in [-0.4, -0.2) is 18.2 Å². The van der Waals surface area contributed by atoms with Crippen LogP contribution in [0.4, 0.5) is 0 Å². The molecular weight excluding hydrogens is 384 g/mol. The second-order valence-electron chi connectivity index (χ2n) is 7.84. The van der Waals surface area contributed by atoms with Crippen LogP contribution in [0, 0.1) is 13.8 Å². The molecule has 3 aromatic rings. The van der Waals surface area contributed by atoms with Crippen molar-refractivity contribution in [2.75, 3.05) is 7.11 Å². The maximum absolute atomic E-state index is 11.8. The molecule has 4 rings (SSSR count). The van der Waals surface area contributed by atoms with Gasteiger partial charge in [0.1, 0.15) is 11.5 Å². The molecule has 1 aliphatic rings. The van der Waals surface area contributed by atoms with Crippen LogP contribution in [-0.2, 0) is 0 Å². The van der Waals surface area contributed by atoms with E-state index in [1.54, 1.807) is 7.11 Å². The van der Waals surface area contributed by atoms with Crippen molar-refractivity contribution in [3.8, 4) is 17.2 Å². The Morgan fingerprint density at radius 1 is 1.07 bits per heavy atom. The number of thiophene rings is 1. The number of hydrogen-bond donors (Lipinski definition) is 1. The third-order valence-electron chi connectivity index (χ3n) is 5.86. The second-order valence-corrected chi connectivity index (χ2v) is 8.89. The summed E-state index contributed by atoms with van der Waals surface area (Å²) >= 11 is 1.23. The number of aromatic carboxylic acids is 1. The number of aryl methyl sites for hydroxylation is 2. The van der Waals surface area contributed by atoms with Crippen LogP contribution < -0.4 is 9.47 Å². The van der Waals surface area contributed by atoms with Crippen LogP contribution in [0.15, 0.2) is 30.3 Å². The van der Waals surface area contributed by atoms with Gasteiger partial charge in [0.15, 0.2) is 10.6 Å². The van der Waals surface area contributed by atoms with Crippen LogP contribution in [0.3, 0.4) is 0 Å². The number of benzene rings is 2. The first kappa shape index (κ1) is 19.8. The largest absolute Gasteiger partial charge is 0.496 e. The number of carboxylic acids is 1. The highest BCUT2D eigenvalue weighted by Crippen LogP contribution is 2.43. The zero-order valence-electron chi connectivity index (χ0n) is 17.1. The third kappa shape index (κ3) is 3.84. The highest BCUT2D eigenvalue weighted by atomic mass is 32.1. The number of carbonyl (C=O) groups is 1. The Kier molecular flexibility index (Phi) is 5.50. The van der Waals surface area contributed by atoms with Gasteiger partial charge in [-0.15, -0.1) is 11.3 Å². The molecule has 1 aromatic heterocycles. The van der Waals surface area contributed by atoms with Crippen molar-refractivity contribution in [3.05, 3.63) is 51.9 Å². The van der Waals surface area contributed by atoms with Gasteiger partial charge in [-0.2, -0.15) is 0 Å². The molecule has 2 aromatic carbocycles. The van der Waals surface area contributed by atoms with Crippen molar-refractivity contribution in [2.45, 2.75) is 51.9 Å². The summed E-state index contributed by atoms with van der Waals surface area (Å²) < 4.78 is 12.5. The molecule has 4 nitrogen and oxygen atoms in total. The topological polar surface area (TPSA) is 55.8 Å². The predicted octanol–water partition coefficient (Wildman–Crippen LogP) is 7.06. The van der Waals surface area contributed by atoms with Crippen LogP contribution >= 0.6 is 11.3 Å². The van der Waals surface area contributed by atoms with Crippen LogP contribution in [0.5, 0.6) is 17.2 Å². The summed E-state index contributed by atoms with van der Waals surface area (Å²) in [6, 6.07) is 9.98. The van der Waals surface area contributed by atoms with E-state index in [-0.39, 0.29) is 4.88 Å². The predicted molar refractivity (Wildman–Crippen MR) is 117 cm³/mol. The lowest BCUT2D eigenvalue weighted by molar-refractivity contribution is 0.0700. The average Bonchev–Trinajstić information content (AvgIpc) is 3.05. The highest BCUT2D eigenvalue weighted by molar-refractivity contribution is 7.21. The average molecular weight is 411 g/mol. The molecule has 29 heavy (non-hydrogen) atoms. The SMILES string of the molecule is COc1cc2c(Oc3ccc(C4CCCCC4)c(C)c3)c(C(=O)O)sc2cc1C. The molecule has 0 spiro atoms. The number of carboxylic acid groups (broad SMARTS) is 1. The van der Waals surface area contributed by atoms with E-state index in [9.17, 15) is 9.90 Å². The minimum absolute atomic E-state index is 0.210. The first-order chi connectivity index (χ1) is 14.0. The van der Waals surface area contributed by atoms with Gasteiger partial charge in [-0.05, 0) is 73.6 Å². The molecule has 1 aliphatic carbocycles. The van der Waals surface area contributed by atoms with Gasteiger partial charge in [-0.25, -0.2) is 4.79 Å². The Morgan fingerprint density at radius 3 is 2.48 bits per heavy atom. The second kappa shape index (κ2) is 8.07. The molecule has 0 amide bonds. The molecule has 1 saturated carbocycles. The number of hydrogen-bond acceptors (Lipinski definition) is 4. The summed E-state index contributed by atoms with van der Waals surface area (Å²) in [5.74, 6) is 1.43. The molecule has 0 unspecified atom stereocenters. The Hall–Kier alpha value is -2.53. The van der Waals surface area contributed by atoms with Gasteiger partial charge in [0.05, 0.1) is 7.11 Å². The number of rotatable bonds is 5. The Bertz CT molecular complexity index is 1060. The van der Waals surface area contributed by atoms with E-state index in [0.717, 1.165) is 21.4 Å². The lowest BCUT2D eigenvalue weighted by Crippen LogP contribution is -2.06. The van der Waals surface area contributed by atoms with E-state index < -0.39 is 5.97 Å². The normalized spacial score (nSPS) is 14.9. The van der Waals surface area contributed by atoms with Crippen molar-refractivity contribution in [3.63, 3.8) is 0 Å². The van der Waals surface area contributed by atoms with Gasteiger partial charge in [-0.1, -0.05) is 25.3 Å². The number of methoxy groups -OCH3 is 1. The minimum Gasteiger partial charge on any atom is -0.496 e. The standard InChI is InChI=1S/C24H26O4S/c1-14-11-17(9-10-18(14)16-7-5-4-6-8-16)28-22-19-13-20(27-3)15(2)12-21(19)29-23(22)24(25)26/h9-13,16H,4-8H2,1-3H3,(H,25,26). The van der Waals surface area contributed by atoms with E-state index >= 15 is 0 Å². The molecule has 0 aliphatic heterocycles. The van der Waals surface area contributed by atoms with Crippen LogP contribution in [0.25, 0.3) is 10.1 Å². The molecule has 0 saturated heterocycles. The Morgan fingerprint density at radius 2 is 1.83 bits per heavy atom. The molecule has 152 valence electrons. The van der Waals surface area contributed by atoms with E-state index in [1.807, 2.05) is 31.2 Å². The molecule has 1 heterocycles. The first-order valence-electron chi connectivity index (χ1n) is 10.1. The fourth-order valence-corrected chi connectivity index (χ4v) is 5.41. The quantitative estimate of drug-likeness (QED) is 0.489. The fraction of sp³-hybridized carbons (Fsp3) is 0.375. The molecule has 0 atom stereocenters. The molecular formula is C24H26O4S. The van der Waals surface area contributed by atoms with Gasteiger partial charge >= 0.3 is 5.97 Å². The maximum Gasteiger partial charge on any atom is 0.349 e. The van der Waals surface area contributed by atoms with Crippen molar-refractivity contribution >= 4 is 27.4 Å².